The molecule has 0 fully saturated rings. The van der Waals surface area contributed by atoms with E-state index in [1.54, 1.807) is 0 Å². The summed E-state index contributed by atoms with van der Waals surface area (Å²) in [5.41, 5.74) is 0. The SMILES string of the molecule is CCCC(=O)OC(C)N=C=O. The first-order chi connectivity index (χ1) is 5.20. The minimum atomic E-state index is -0.702. The topological polar surface area (TPSA) is 55.7 Å². The van der Waals surface area contributed by atoms with E-state index in [9.17, 15) is 9.59 Å². The summed E-state index contributed by atoms with van der Waals surface area (Å²) < 4.78 is 4.66. The largest absolute Gasteiger partial charge is 0.439 e. The summed E-state index contributed by atoms with van der Waals surface area (Å²) in [6.45, 7) is 3.38. The second-order valence-electron chi connectivity index (χ2n) is 2.06. The van der Waals surface area contributed by atoms with Crippen molar-refractivity contribution in [3.05, 3.63) is 0 Å². The number of esters is 1. The van der Waals surface area contributed by atoms with Crippen molar-refractivity contribution in [2.45, 2.75) is 32.9 Å². The molecular weight excluding hydrogens is 146 g/mol. The molecule has 11 heavy (non-hydrogen) atoms. The molecule has 0 N–H and O–H groups in total. The van der Waals surface area contributed by atoms with Gasteiger partial charge in [0, 0.05) is 6.42 Å². The standard InChI is InChI=1S/C7H11NO3/c1-3-4-7(10)11-6(2)8-5-9/h6H,3-4H2,1-2H3. The van der Waals surface area contributed by atoms with Crippen molar-refractivity contribution in [3.63, 3.8) is 0 Å². The third-order valence-electron chi connectivity index (χ3n) is 0.991. The van der Waals surface area contributed by atoms with Crippen LogP contribution in [0.5, 0.6) is 0 Å². The zero-order valence-electron chi connectivity index (χ0n) is 6.66. The van der Waals surface area contributed by atoms with E-state index < -0.39 is 6.23 Å². The van der Waals surface area contributed by atoms with Crippen LogP contribution in [0.25, 0.3) is 0 Å². The van der Waals surface area contributed by atoms with Crippen LogP contribution in [0.15, 0.2) is 4.99 Å². The number of nitrogens with zero attached hydrogens (tertiary/aromatic N) is 1. The zero-order chi connectivity index (χ0) is 8.69. The summed E-state index contributed by atoms with van der Waals surface area (Å²) >= 11 is 0. The van der Waals surface area contributed by atoms with E-state index in [-0.39, 0.29) is 5.97 Å². The van der Waals surface area contributed by atoms with Gasteiger partial charge in [0.25, 0.3) is 0 Å². The molecule has 0 bridgehead atoms. The zero-order valence-corrected chi connectivity index (χ0v) is 6.66. The molecule has 0 amide bonds. The molecule has 0 saturated heterocycles. The van der Waals surface area contributed by atoms with Gasteiger partial charge in [-0.25, -0.2) is 4.79 Å². The molecule has 0 heterocycles. The Morgan fingerprint density at radius 3 is 2.82 bits per heavy atom. The van der Waals surface area contributed by atoms with Gasteiger partial charge in [-0.3, -0.25) is 4.79 Å². The Morgan fingerprint density at radius 1 is 1.73 bits per heavy atom. The maximum Gasteiger partial charge on any atom is 0.307 e. The molecule has 1 atom stereocenters. The molecule has 4 nitrogen and oxygen atoms in total. The third kappa shape index (κ3) is 5.30. The summed E-state index contributed by atoms with van der Waals surface area (Å²) in [5.74, 6) is -0.334. The van der Waals surface area contributed by atoms with E-state index >= 15 is 0 Å². The highest BCUT2D eigenvalue weighted by Gasteiger charge is 2.05. The molecule has 0 saturated carbocycles. The Morgan fingerprint density at radius 2 is 2.36 bits per heavy atom. The molecule has 0 aromatic heterocycles. The van der Waals surface area contributed by atoms with E-state index in [2.05, 4.69) is 9.73 Å². The minimum Gasteiger partial charge on any atom is -0.439 e. The number of hydrogen-bond acceptors (Lipinski definition) is 4. The smallest absolute Gasteiger partial charge is 0.307 e. The maximum absolute atomic E-state index is 10.7. The third-order valence-corrected chi connectivity index (χ3v) is 0.991. The van der Waals surface area contributed by atoms with Gasteiger partial charge in [0.05, 0.1) is 0 Å². The van der Waals surface area contributed by atoms with E-state index in [4.69, 9.17) is 0 Å². The highest BCUT2D eigenvalue weighted by Crippen LogP contribution is 1.96. The Kier molecular flexibility index (Phi) is 5.03. The number of carbonyl (C=O) groups excluding carboxylic acids is 2. The van der Waals surface area contributed by atoms with Crippen LogP contribution in [0, 0.1) is 0 Å². The van der Waals surface area contributed by atoms with Crippen LogP contribution in [-0.2, 0) is 14.3 Å². The summed E-state index contributed by atoms with van der Waals surface area (Å²) in [7, 11) is 0. The molecular formula is C7H11NO3. The van der Waals surface area contributed by atoms with Gasteiger partial charge < -0.3 is 4.74 Å². The van der Waals surface area contributed by atoms with Crippen molar-refractivity contribution in [2.75, 3.05) is 0 Å². The van der Waals surface area contributed by atoms with Gasteiger partial charge in [0.2, 0.25) is 12.3 Å². The van der Waals surface area contributed by atoms with Gasteiger partial charge >= 0.3 is 5.97 Å². The summed E-state index contributed by atoms with van der Waals surface area (Å²) in [6, 6.07) is 0. The number of ether oxygens (including phenoxy) is 1. The fourth-order valence-electron chi connectivity index (χ4n) is 0.554. The maximum atomic E-state index is 10.7. The lowest BCUT2D eigenvalue weighted by Gasteiger charge is -2.04. The van der Waals surface area contributed by atoms with Crippen LogP contribution in [-0.4, -0.2) is 18.3 Å². The van der Waals surface area contributed by atoms with Crippen molar-refractivity contribution in [2.24, 2.45) is 4.99 Å². The average molecular weight is 157 g/mol. The molecule has 0 spiro atoms. The van der Waals surface area contributed by atoms with E-state index in [1.165, 1.54) is 13.0 Å². The molecule has 0 aliphatic carbocycles. The molecule has 0 radical (unpaired) electrons. The predicted molar refractivity (Wildman–Crippen MR) is 38.6 cm³/mol. The summed E-state index contributed by atoms with van der Waals surface area (Å²) in [5, 5.41) is 0. The summed E-state index contributed by atoms with van der Waals surface area (Å²) in [6.07, 6.45) is 1.70. The molecule has 0 aromatic rings. The molecule has 0 rings (SSSR count). The van der Waals surface area contributed by atoms with E-state index in [0.29, 0.717) is 6.42 Å². The predicted octanol–water partition coefficient (Wildman–Crippen LogP) is 1.01. The quantitative estimate of drug-likeness (QED) is 0.347. The number of rotatable bonds is 4. The van der Waals surface area contributed by atoms with Crippen LogP contribution in [0.4, 0.5) is 0 Å². The first-order valence-corrected chi connectivity index (χ1v) is 3.47. The number of isocyanates is 1. The molecule has 0 aliphatic heterocycles. The fraction of sp³-hybridized carbons (Fsp3) is 0.714. The number of hydrogen-bond donors (Lipinski definition) is 0. The van der Waals surface area contributed by atoms with Gasteiger partial charge in [-0.15, -0.1) is 0 Å². The Bertz CT molecular complexity index is 173. The lowest BCUT2D eigenvalue weighted by molar-refractivity contribution is -0.147. The van der Waals surface area contributed by atoms with Crippen LogP contribution in [0.3, 0.4) is 0 Å². The average Bonchev–Trinajstić information content (AvgIpc) is 1.87. The Hall–Kier alpha value is -1.15. The van der Waals surface area contributed by atoms with Crippen LogP contribution < -0.4 is 0 Å². The van der Waals surface area contributed by atoms with Crippen molar-refractivity contribution in [3.8, 4) is 0 Å². The van der Waals surface area contributed by atoms with E-state index in [0.717, 1.165) is 6.42 Å². The van der Waals surface area contributed by atoms with Gasteiger partial charge in [-0.2, -0.15) is 4.99 Å². The van der Waals surface area contributed by atoms with Gasteiger partial charge in [0.1, 0.15) is 0 Å². The van der Waals surface area contributed by atoms with Gasteiger partial charge in [0.15, 0.2) is 0 Å². The molecule has 1 unspecified atom stereocenters. The second-order valence-corrected chi connectivity index (χ2v) is 2.06. The second kappa shape index (κ2) is 5.62. The lowest BCUT2D eigenvalue weighted by atomic mass is 10.3. The van der Waals surface area contributed by atoms with Crippen LogP contribution in [0.1, 0.15) is 26.7 Å². The number of aliphatic imine (C=N–C) groups is 1. The van der Waals surface area contributed by atoms with Crippen LogP contribution >= 0.6 is 0 Å². The highest BCUT2D eigenvalue weighted by atomic mass is 16.6. The molecule has 0 aliphatic rings. The van der Waals surface area contributed by atoms with Crippen molar-refractivity contribution < 1.29 is 14.3 Å². The summed E-state index contributed by atoms with van der Waals surface area (Å²) in [4.78, 5) is 23.6. The first kappa shape index (κ1) is 9.85. The Labute approximate surface area is 65.3 Å². The number of carbonyl (C=O) groups is 1. The van der Waals surface area contributed by atoms with Crippen molar-refractivity contribution in [1.29, 1.82) is 0 Å². The monoisotopic (exact) mass is 157 g/mol. The molecule has 4 heteroatoms. The van der Waals surface area contributed by atoms with Crippen molar-refractivity contribution in [1.82, 2.24) is 0 Å². The Balaban J connectivity index is 3.65. The van der Waals surface area contributed by atoms with Crippen LogP contribution in [0.2, 0.25) is 0 Å². The van der Waals surface area contributed by atoms with Gasteiger partial charge in [-0.05, 0) is 13.3 Å². The first-order valence-electron chi connectivity index (χ1n) is 3.47. The molecule has 62 valence electrons. The fourth-order valence-corrected chi connectivity index (χ4v) is 0.554. The lowest BCUT2D eigenvalue weighted by Crippen LogP contribution is -2.11. The van der Waals surface area contributed by atoms with Crippen molar-refractivity contribution >= 4 is 12.0 Å². The minimum absolute atomic E-state index is 0.334. The molecule has 0 aromatic carbocycles. The van der Waals surface area contributed by atoms with E-state index in [1.807, 2.05) is 6.92 Å². The highest BCUT2D eigenvalue weighted by molar-refractivity contribution is 5.69. The van der Waals surface area contributed by atoms with Gasteiger partial charge in [-0.1, -0.05) is 6.92 Å². The normalized spacial score (nSPS) is 11.5.